The summed E-state index contributed by atoms with van der Waals surface area (Å²) in [6, 6.07) is 0. The smallest absolute Gasteiger partial charge is 0.306 e. The highest BCUT2D eigenvalue weighted by Gasteiger charge is 2.23. The van der Waals surface area contributed by atoms with Gasteiger partial charge in [-0.25, -0.2) is 0 Å². The summed E-state index contributed by atoms with van der Waals surface area (Å²) < 4.78 is 5.24. The number of hydrogen-bond donors (Lipinski definition) is 1. The Labute approximate surface area is 96.0 Å². The molecule has 1 saturated carbocycles. The van der Waals surface area contributed by atoms with Crippen LogP contribution in [0.2, 0.25) is 0 Å². The maximum absolute atomic E-state index is 11.3. The van der Waals surface area contributed by atoms with Gasteiger partial charge in [-0.05, 0) is 25.7 Å². The molecule has 0 heterocycles. The molecule has 4 heteroatoms. The van der Waals surface area contributed by atoms with Crippen LogP contribution in [0, 0.1) is 5.92 Å². The Kier molecular flexibility index (Phi) is 5.29. The third-order valence-electron chi connectivity index (χ3n) is 3.17. The Bertz CT molecular complexity index is 243. The van der Waals surface area contributed by atoms with Gasteiger partial charge in [0.25, 0.3) is 0 Å². The van der Waals surface area contributed by atoms with E-state index in [9.17, 15) is 9.59 Å². The molecule has 16 heavy (non-hydrogen) atoms. The van der Waals surface area contributed by atoms with Gasteiger partial charge in [0.15, 0.2) is 0 Å². The van der Waals surface area contributed by atoms with Crippen LogP contribution < -0.4 is 0 Å². The van der Waals surface area contributed by atoms with Crippen LogP contribution in [0.25, 0.3) is 0 Å². The summed E-state index contributed by atoms with van der Waals surface area (Å²) in [5, 5.41) is 8.44. The summed E-state index contributed by atoms with van der Waals surface area (Å²) in [6.07, 6.45) is 5.70. The fraction of sp³-hybridized carbons (Fsp3) is 0.833. The third-order valence-corrected chi connectivity index (χ3v) is 3.17. The molecule has 0 saturated heterocycles. The van der Waals surface area contributed by atoms with Crippen LogP contribution in [0.5, 0.6) is 0 Å². The molecular formula is C12H20O4. The molecule has 1 fully saturated rings. The van der Waals surface area contributed by atoms with Crippen molar-refractivity contribution in [2.24, 2.45) is 5.92 Å². The monoisotopic (exact) mass is 228 g/mol. The van der Waals surface area contributed by atoms with Gasteiger partial charge in [-0.3, -0.25) is 9.59 Å². The molecule has 0 unspecified atom stereocenters. The number of rotatable bonds is 5. The van der Waals surface area contributed by atoms with Gasteiger partial charge in [0.1, 0.15) is 6.10 Å². The summed E-state index contributed by atoms with van der Waals surface area (Å²) in [4.78, 5) is 21.6. The Balaban J connectivity index is 2.23. The molecule has 1 N–H and O–H groups in total. The molecule has 0 aromatic carbocycles. The van der Waals surface area contributed by atoms with Gasteiger partial charge >= 0.3 is 11.9 Å². The van der Waals surface area contributed by atoms with Crippen molar-refractivity contribution in [3.05, 3.63) is 0 Å². The third kappa shape index (κ3) is 4.64. The predicted molar refractivity (Wildman–Crippen MR) is 59.0 cm³/mol. The van der Waals surface area contributed by atoms with E-state index in [1.165, 1.54) is 19.3 Å². The summed E-state index contributed by atoms with van der Waals surface area (Å²) >= 11 is 0. The van der Waals surface area contributed by atoms with E-state index in [0.717, 1.165) is 12.8 Å². The van der Waals surface area contributed by atoms with Crippen LogP contribution in [0.15, 0.2) is 0 Å². The number of carbonyl (C=O) groups excluding carboxylic acids is 1. The van der Waals surface area contributed by atoms with E-state index in [-0.39, 0.29) is 24.9 Å². The van der Waals surface area contributed by atoms with Crippen LogP contribution in [0.4, 0.5) is 0 Å². The molecule has 0 aromatic rings. The molecule has 1 aliphatic carbocycles. The molecule has 0 amide bonds. The summed E-state index contributed by atoms with van der Waals surface area (Å²) in [7, 11) is 0. The van der Waals surface area contributed by atoms with E-state index in [1.54, 1.807) is 0 Å². The quantitative estimate of drug-likeness (QED) is 0.734. The van der Waals surface area contributed by atoms with Crippen molar-refractivity contribution >= 4 is 11.9 Å². The lowest BCUT2D eigenvalue weighted by atomic mass is 9.86. The number of hydrogen-bond acceptors (Lipinski definition) is 3. The average Bonchev–Trinajstić information content (AvgIpc) is 2.27. The minimum Gasteiger partial charge on any atom is -0.481 e. The number of carboxylic acids is 1. The van der Waals surface area contributed by atoms with Crippen LogP contribution in [0.1, 0.15) is 51.9 Å². The SMILES string of the molecule is C[C@@H](OC(=O)CCC(=O)O)C1CCCCC1. The van der Waals surface area contributed by atoms with E-state index < -0.39 is 5.97 Å². The Morgan fingerprint density at radius 2 is 1.88 bits per heavy atom. The first kappa shape index (κ1) is 13.0. The van der Waals surface area contributed by atoms with Crippen molar-refractivity contribution in [3.8, 4) is 0 Å². The lowest BCUT2D eigenvalue weighted by molar-refractivity contribution is -0.154. The maximum Gasteiger partial charge on any atom is 0.306 e. The lowest BCUT2D eigenvalue weighted by Gasteiger charge is -2.27. The second-order valence-electron chi connectivity index (χ2n) is 4.49. The van der Waals surface area contributed by atoms with Crippen molar-refractivity contribution in [1.29, 1.82) is 0 Å². The van der Waals surface area contributed by atoms with Gasteiger partial charge in [0, 0.05) is 0 Å². The van der Waals surface area contributed by atoms with Crippen molar-refractivity contribution in [3.63, 3.8) is 0 Å². The molecule has 1 rings (SSSR count). The zero-order valence-corrected chi connectivity index (χ0v) is 9.78. The van der Waals surface area contributed by atoms with Crippen molar-refractivity contribution < 1.29 is 19.4 Å². The fourth-order valence-electron chi connectivity index (χ4n) is 2.18. The standard InChI is InChI=1S/C12H20O4/c1-9(10-5-3-2-4-6-10)16-12(15)8-7-11(13)14/h9-10H,2-8H2,1H3,(H,13,14)/t9-/m1/s1. The molecule has 0 radical (unpaired) electrons. The topological polar surface area (TPSA) is 63.6 Å². The predicted octanol–water partition coefficient (Wildman–Crippen LogP) is 2.36. The van der Waals surface area contributed by atoms with E-state index in [0.29, 0.717) is 5.92 Å². The second-order valence-corrected chi connectivity index (χ2v) is 4.49. The maximum atomic E-state index is 11.3. The average molecular weight is 228 g/mol. The molecule has 0 spiro atoms. The second kappa shape index (κ2) is 6.51. The van der Waals surface area contributed by atoms with Crippen LogP contribution in [-0.2, 0) is 14.3 Å². The summed E-state index contributed by atoms with van der Waals surface area (Å²) in [6.45, 7) is 1.91. The van der Waals surface area contributed by atoms with Gasteiger partial charge in [-0.15, -0.1) is 0 Å². The first-order valence-electron chi connectivity index (χ1n) is 6.01. The zero-order chi connectivity index (χ0) is 12.0. The number of carbonyl (C=O) groups is 2. The van der Waals surface area contributed by atoms with Gasteiger partial charge in [-0.1, -0.05) is 19.3 Å². The highest BCUT2D eigenvalue weighted by Crippen LogP contribution is 2.27. The summed E-state index contributed by atoms with van der Waals surface area (Å²) in [5.41, 5.74) is 0. The van der Waals surface area contributed by atoms with Crippen LogP contribution >= 0.6 is 0 Å². The molecule has 4 nitrogen and oxygen atoms in total. The van der Waals surface area contributed by atoms with Gasteiger partial charge in [0.2, 0.25) is 0 Å². The highest BCUT2D eigenvalue weighted by atomic mass is 16.5. The molecule has 92 valence electrons. The first-order chi connectivity index (χ1) is 7.59. The Morgan fingerprint density at radius 1 is 1.25 bits per heavy atom. The van der Waals surface area contributed by atoms with Gasteiger partial charge < -0.3 is 9.84 Å². The molecule has 0 bridgehead atoms. The van der Waals surface area contributed by atoms with E-state index in [4.69, 9.17) is 9.84 Å². The van der Waals surface area contributed by atoms with Crippen molar-refractivity contribution in [2.75, 3.05) is 0 Å². The molecule has 1 atom stereocenters. The number of carboxylic acid groups (broad SMARTS) is 1. The number of esters is 1. The highest BCUT2D eigenvalue weighted by molar-refractivity contribution is 5.76. The zero-order valence-electron chi connectivity index (χ0n) is 9.78. The Morgan fingerprint density at radius 3 is 2.44 bits per heavy atom. The minimum absolute atomic E-state index is 0.0214. The van der Waals surface area contributed by atoms with Crippen LogP contribution in [-0.4, -0.2) is 23.1 Å². The number of ether oxygens (including phenoxy) is 1. The lowest BCUT2D eigenvalue weighted by Crippen LogP contribution is -2.26. The minimum atomic E-state index is -0.956. The molecule has 1 aliphatic rings. The van der Waals surface area contributed by atoms with Gasteiger partial charge in [0.05, 0.1) is 12.8 Å². The van der Waals surface area contributed by atoms with E-state index >= 15 is 0 Å². The number of aliphatic carboxylic acids is 1. The Hall–Kier alpha value is -1.06. The van der Waals surface area contributed by atoms with Crippen molar-refractivity contribution in [2.45, 2.75) is 58.0 Å². The molecule has 0 aliphatic heterocycles. The molecular weight excluding hydrogens is 208 g/mol. The normalized spacial score (nSPS) is 19.1. The van der Waals surface area contributed by atoms with E-state index in [2.05, 4.69) is 0 Å². The van der Waals surface area contributed by atoms with Crippen LogP contribution in [0.3, 0.4) is 0 Å². The van der Waals surface area contributed by atoms with Crippen molar-refractivity contribution in [1.82, 2.24) is 0 Å². The summed E-state index contributed by atoms with van der Waals surface area (Å²) in [5.74, 6) is -0.884. The first-order valence-corrected chi connectivity index (χ1v) is 6.01. The molecule has 0 aromatic heterocycles. The van der Waals surface area contributed by atoms with Gasteiger partial charge in [-0.2, -0.15) is 0 Å². The fourth-order valence-corrected chi connectivity index (χ4v) is 2.18. The largest absolute Gasteiger partial charge is 0.481 e. The van der Waals surface area contributed by atoms with E-state index in [1.807, 2.05) is 6.92 Å².